The Hall–Kier alpha value is -8.79. The van der Waals surface area contributed by atoms with E-state index in [0.29, 0.717) is 17.8 Å². The lowest BCUT2D eigenvalue weighted by Gasteiger charge is -2.39. The third-order valence-corrected chi connectivity index (χ3v) is 27.8. The van der Waals surface area contributed by atoms with Crippen molar-refractivity contribution >= 4 is 32.3 Å². The maximum Gasteiger partial charge on any atom is 0.213 e. The number of rotatable bonds is 12. The molecule has 0 amide bonds. The van der Waals surface area contributed by atoms with Crippen molar-refractivity contribution in [3.05, 3.63) is 269 Å². The van der Waals surface area contributed by atoms with E-state index in [1.54, 1.807) is 16.7 Å². The number of hydrogen-bond donors (Lipinski definition) is 0. The summed E-state index contributed by atoms with van der Waals surface area (Å²) in [5.41, 5.74) is 28.6. The standard InChI is InChI=1S/C36H42N.C35H40N.C34H38N/c1-24(2)35-23-37(4)36(33-12-8-5-9-25(33)3)22-34(35)32-18-17-30-20-29(15-16-31(30)21-32)28-14-13-26-10-6-7-11-27(26)19-28;1-23(2)34-22-36(4)35(32-12-8-5-9-24(32)3)21-33(34)30-16-15-27-17-29(14-13-28(27)18-30)31-19-25-10-6-7-11-26(25)20-31;1-22(2)33-21-35(4)34(31-11-6-5-8-23(31)3)20-32(33)29-15-14-26-16-28(13-12-27(26)17-29)30-18-24-9-7-10-25(24)19-30/h5,8-9,12,15-18,20-24,26-28H,6-7,10-11,13-14,19H2,1-4H3;5,8-9,12-18,21-23,25-26,31H,6-7,10-11,19-20H2,1-4H3;5-6,8,11-17,20-22,24-25,30H,7,9-10,18-19H2,1-4H3/q3*+1. The first-order valence-corrected chi connectivity index (χ1v) is 42.3. The lowest BCUT2D eigenvalue weighted by atomic mass is 9.66. The maximum atomic E-state index is 2.50. The number of fused-ring (bicyclic) bond motifs is 6. The molecule has 6 saturated carbocycles. The number of hydrogen-bond acceptors (Lipinski definition) is 0. The van der Waals surface area contributed by atoms with Crippen LogP contribution in [0.1, 0.15) is 243 Å². The Bertz CT molecular complexity index is 5250. The Morgan fingerprint density at radius 3 is 0.870 bits per heavy atom. The van der Waals surface area contributed by atoms with Crippen LogP contribution in [0.5, 0.6) is 0 Å². The summed E-state index contributed by atoms with van der Waals surface area (Å²) < 4.78 is 6.90. The Morgan fingerprint density at radius 2 is 0.537 bits per heavy atom. The molecule has 3 nitrogen and oxygen atoms in total. The average Bonchev–Trinajstić information content (AvgIpc) is 0.953. The van der Waals surface area contributed by atoms with Crippen molar-refractivity contribution in [2.75, 3.05) is 0 Å². The number of nitrogens with zero attached hydrogens (tertiary/aromatic N) is 3. The summed E-state index contributed by atoms with van der Waals surface area (Å²) >= 11 is 0. The summed E-state index contributed by atoms with van der Waals surface area (Å²) in [5.74, 6) is 9.61. The van der Waals surface area contributed by atoms with Crippen LogP contribution in [0.4, 0.5) is 0 Å². The molecule has 0 aliphatic heterocycles. The smallest absolute Gasteiger partial charge is 0.201 e. The molecule has 0 radical (unpaired) electrons. The average molecular weight is 1420 g/mol. The monoisotopic (exact) mass is 1420 g/mol. The van der Waals surface area contributed by atoms with Gasteiger partial charge in [-0.05, 0) is 272 Å². The molecule has 0 saturated heterocycles. The highest BCUT2D eigenvalue weighted by Crippen LogP contribution is 2.53. The second-order valence-electron chi connectivity index (χ2n) is 35.7. The molecule has 18 rings (SSSR count). The van der Waals surface area contributed by atoms with Gasteiger partial charge in [-0.25, -0.2) is 13.7 Å². The SMILES string of the molecule is Cc1ccccc1-c1cc(-c2ccc3cc(C4CC5CCCC5C4)ccc3c2)c(C(C)C)c[n+]1C.Cc1ccccc1-c1cc(-c2ccc3cc(C4CC5CCCCC5C4)ccc3c2)c(C(C)C)c[n+]1C.Cc1ccccc1-c1cc(-c2ccc3cc(C4CCC5CCCCC5C4)ccc3c2)c(C(C)C)c[n+]1C. The Labute approximate surface area is 648 Å². The summed E-state index contributed by atoms with van der Waals surface area (Å²) in [5, 5.41) is 8.22. The highest BCUT2D eigenvalue weighted by Gasteiger charge is 2.39. The van der Waals surface area contributed by atoms with Gasteiger partial charge in [-0.1, -0.05) is 258 Å². The zero-order valence-corrected chi connectivity index (χ0v) is 67.3. The first-order valence-electron chi connectivity index (χ1n) is 42.3. The van der Waals surface area contributed by atoms with Gasteiger partial charge in [-0.2, -0.15) is 0 Å². The van der Waals surface area contributed by atoms with E-state index in [2.05, 4.69) is 316 Å². The number of aromatic nitrogens is 3. The molecule has 6 fully saturated rings. The fourth-order valence-corrected chi connectivity index (χ4v) is 21.6. The van der Waals surface area contributed by atoms with Gasteiger partial charge in [0.1, 0.15) is 21.1 Å². The van der Waals surface area contributed by atoms with Crippen LogP contribution in [0.15, 0.2) is 219 Å². The van der Waals surface area contributed by atoms with Crippen molar-refractivity contribution in [2.45, 2.75) is 213 Å². The number of pyridine rings is 3. The van der Waals surface area contributed by atoms with Gasteiger partial charge in [-0.3, -0.25) is 0 Å². The van der Waals surface area contributed by atoms with Gasteiger partial charge in [0.25, 0.3) is 0 Å². The topological polar surface area (TPSA) is 11.6 Å². The summed E-state index contributed by atoms with van der Waals surface area (Å²) in [6.07, 6.45) is 33.0. The number of aryl methyl sites for hydroxylation is 6. The van der Waals surface area contributed by atoms with Gasteiger partial charge in [0.15, 0.2) is 18.6 Å². The molecule has 108 heavy (non-hydrogen) atoms. The largest absolute Gasteiger partial charge is 0.213 e. The third-order valence-electron chi connectivity index (χ3n) is 27.8. The summed E-state index contributed by atoms with van der Waals surface area (Å²) in [6.45, 7) is 20.4. The van der Waals surface area contributed by atoms with Gasteiger partial charge in [-0.15, -0.1) is 0 Å². The predicted octanol–water partition coefficient (Wildman–Crippen LogP) is 27.3. The molecule has 3 heteroatoms. The maximum absolute atomic E-state index is 2.50. The van der Waals surface area contributed by atoms with E-state index in [1.807, 2.05) is 0 Å². The number of benzene rings is 9. The molecule has 12 aromatic rings. The summed E-state index contributed by atoms with van der Waals surface area (Å²) in [7, 11) is 6.54. The molecule has 0 bridgehead atoms. The zero-order valence-electron chi connectivity index (χ0n) is 67.3. The second kappa shape index (κ2) is 31.7. The van der Waals surface area contributed by atoms with Gasteiger partial charge in [0.05, 0.1) is 0 Å². The van der Waals surface area contributed by atoms with Gasteiger partial charge < -0.3 is 0 Å². The van der Waals surface area contributed by atoms with Crippen molar-refractivity contribution in [1.82, 2.24) is 0 Å². The van der Waals surface area contributed by atoms with Crippen LogP contribution in [-0.4, -0.2) is 0 Å². The molecular formula is C105H120N3+3. The fraction of sp³-hybridized carbons (Fsp3) is 0.400. The van der Waals surface area contributed by atoms with Crippen LogP contribution in [0.25, 0.3) is 99.5 Å². The van der Waals surface area contributed by atoms with E-state index in [0.717, 1.165) is 53.3 Å². The van der Waals surface area contributed by atoms with Crippen LogP contribution < -0.4 is 13.7 Å². The normalized spacial score (nSPS) is 21.8. The van der Waals surface area contributed by atoms with Crippen molar-refractivity contribution in [3.8, 4) is 67.2 Å². The van der Waals surface area contributed by atoms with Crippen molar-refractivity contribution in [3.63, 3.8) is 0 Å². The quantitative estimate of drug-likeness (QED) is 0.108. The summed E-state index contributed by atoms with van der Waals surface area (Å²) in [4.78, 5) is 0. The lowest BCUT2D eigenvalue weighted by Crippen LogP contribution is -2.32. The van der Waals surface area contributed by atoms with Gasteiger partial charge in [0.2, 0.25) is 17.1 Å². The lowest BCUT2D eigenvalue weighted by molar-refractivity contribution is -0.660. The zero-order chi connectivity index (χ0) is 74.4. The van der Waals surface area contributed by atoms with E-state index in [1.165, 1.54) is 248 Å². The third kappa shape index (κ3) is 15.2. The molecule has 6 aliphatic rings. The van der Waals surface area contributed by atoms with Crippen LogP contribution in [0.2, 0.25) is 0 Å². The fourth-order valence-electron chi connectivity index (χ4n) is 21.6. The van der Waals surface area contributed by atoms with Crippen LogP contribution in [-0.2, 0) is 21.1 Å². The van der Waals surface area contributed by atoms with Gasteiger partial charge in [0, 0.05) is 51.6 Å². The van der Waals surface area contributed by atoms with Crippen LogP contribution in [0.3, 0.4) is 0 Å². The van der Waals surface area contributed by atoms with Gasteiger partial charge >= 0.3 is 0 Å². The molecular weight excluding hydrogens is 1300 g/mol. The second-order valence-corrected chi connectivity index (χ2v) is 35.7. The highest BCUT2D eigenvalue weighted by molar-refractivity contribution is 5.92. The minimum absolute atomic E-state index is 0.458. The van der Waals surface area contributed by atoms with E-state index in [4.69, 9.17) is 0 Å². The predicted molar refractivity (Wildman–Crippen MR) is 457 cm³/mol. The molecule has 3 heterocycles. The van der Waals surface area contributed by atoms with E-state index in [-0.39, 0.29) is 0 Å². The van der Waals surface area contributed by atoms with E-state index in [9.17, 15) is 0 Å². The van der Waals surface area contributed by atoms with Crippen LogP contribution in [0, 0.1) is 56.3 Å². The minimum atomic E-state index is 0.458. The molecule has 7 atom stereocenters. The van der Waals surface area contributed by atoms with E-state index >= 15 is 0 Å². The molecule has 0 spiro atoms. The molecule has 0 N–H and O–H groups in total. The van der Waals surface area contributed by atoms with Crippen LogP contribution >= 0.6 is 0 Å². The molecule has 6 aliphatic carbocycles. The van der Waals surface area contributed by atoms with Crippen molar-refractivity contribution in [1.29, 1.82) is 0 Å². The van der Waals surface area contributed by atoms with Crippen molar-refractivity contribution in [2.24, 2.45) is 56.7 Å². The minimum Gasteiger partial charge on any atom is -0.201 e. The first-order chi connectivity index (χ1) is 52.4. The molecule has 7 unspecified atom stereocenters. The molecule has 552 valence electrons. The Kier molecular flexibility index (Phi) is 21.5. The summed E-state index contributed by atoms with van der Waals surface area (Å²) in [6, 6.07) is 76.7. The first kappa shape index (κ1) is 73.4. The highest BCUT2D eigenvalue weighted by atomic mass is 14.9. The molecule has 3 aromatic heterocycles. The Balaban J connectivity index is 0.000000124. The van der Waals surface area contributed by atoms with Crippen molar-refractivity contribution < 1.29 is 13.7 Å². The van der Waals surface area contributed by atoms with E-state index < -0.39 is 0 Å². The molecule has 9 aromatic carbocycles. The Morgan fingerprint density at radius 1 is 0.259 bits per heavy atom.